The number of carbonyl (C=O) groups is 2. The number of carbonyl (C=O) groups excluding carboxylic acids is 2. The van der Waals surface area contributed by atoms with Crippen molar-refractivity contribution in [1.29, 1.82) is 0 Å². The van der Waals surface area contributed by atoms with E-state index in [2.05, 4.69) is 45.6 Å². The average Bonchev–Trinajstić information content (AvgIpc) is 2.64. The first-order chi connectivity index (χ1) is 12.5. The van der Waals surface area contributed by atoms with Crippen LogP contribution in [0.5, 0.6) is 0 Å². The van der Waals surface area contributed by atoms with Crippen molar-refractivity contribution in [2.24, 2.45) is 0 Å². The maximum atomic E-state index is 12.3. The Labute approximate surface area is 162 Å². The summed E-state index contributed by atoms with van der Waals surface area (Å²) in [7, 11) is 0. The van der Waals surface area contributed by atoms with E-state index in [1.165, 1.54) is 5.56 Å². The molecular formula is C20H25BrN3O2+. The molecule has 1 atom stereocenters. The Bertz CT molecular complexity index is 747. The first-order valence-corrected chi connectivity index (χ1v) is 9.59. The van der Waals surface area contributed by atoms with E-state index in [4.69, 9.17) is 0 Å². The van der Waals surface area contributed by atoms with E-state index in [-0.39, 0.29) is 17.9 Å². The van der Waals surface area contributed by atoms with Gasteiger partial charge in [0.2, 0.25) is 0 Å². The topological polar surface area (TPSA) is 74.8 Å². The third-order valence-electron chi connectivity index (χ3n) is 4.07. The van der Waals surface area contributed by atoms with Crippen LogP contribution in [0.4, 0.5) is 5.69 Å². The fourth-order valence-electron chi connectivity index (χ4n) is 2.71. The molecule has 0 aliphatic rings. The normalized spacial score (nSPS) is 11.7. The SMILES string of the molecule is CCNC(=O)c1cccc(NC(=O)C[NH2+][C@H](CC)c2ccc(Br)cc2)c1. The highest BCUT2D eigenvalue weighted by atomic mass is 79.9. The molecule has 138 valence electrons. The van der Waals surface area contributed by atoms with Crippen LogP contribution in [0, 0.1) is 0 Å². The summed E-state index contributed by atoms with van der Waals surface area (Å²) < 4.78 is 1.04. The Hall–Kier alpha value is -2.18. The van der Waals surface area contributed by atoms with E-state index in [9.17, 15) is 9.59 Å². The van der Waals surface area contributed by atoms with Crippen molar-refractivity contribution >= 4 is 33.4 Å². The fourth-order valence-corrected chi connectivity index (χ4v) is 2.97. The zero-order chi connectivity index (χ0) is 18.9. The molecule has 5 nitrogen and oxygen atoms in total. The van der Waals surface area contributed by atoms with E-state index < -0.39 is 0 Å². The molecule has 0 saturated heterocycles. The highest BCUT2D eigenvalue weighted by molar-refractivity contribution is 9.10. The van der Waals surface area contributed by atoms with E-state index in [1.54, 1.807) is 24.3 Å². The molecule has 0 heterocycles. The summed E-state index contributed by atoms with van der Waals surface area (Å²) in [6.07, 6.45) is 0.932. The Morgan fingerprint density at radius 2 is 1.85 bits per heavy atom. The quantitative estimate of drug-likeness (QED) is 0.616. The van der Waals surface area contributed by atoms with Crippen molar-refractivity contribution in [3.05, 3.63) is 64.1 Å². The third-order valence-corrected chi connectivity index (χ3v) is 4.60. The van der Waals surface area contributed by atoms with Gasteiger partial charge in [-0.05, 0) is 37.3 Å². The van der Waals surface area contributed by atoms with Gasteiger partial charge in [-0.15, -0.1) is 0 Å². The first-order valence-electron chi connectivity index (χ1n) is 8.80. The molecule has 0 aromatic heterocycles. The molecule has 0 spiro atoms. The predicted molar refractivity (Wildman–Crippen MR) is 107 cm³/mol. The molecule has 2 rings (SSSR count). The molecule has 2 amide bonds. The van der Waals surface area contributed by atoms with E-state index in [0.717, 1.165) is 10.9 Å². The number of rotatable bonds is 8. The first kappa shape index (κ1) is 20.1. The molecule has 0 aliphatic heterocycles. The van der Waals surface area contributed by atoms with Gasteiger partial charge < -0.3 is 16.0 Å². The molecule has 2 aromatic rings. The van der Waals surface area contributed by atoms with E-state index in [1.807, 2.05) is 24.4 Å². The summed E-state index contributed by atoms with van der Waals surface area (Å²) in [4.78, 5) is 24.2. The fraction of sp³-hybridized carbons (Fsp3) is 0.300. The Balaban J connectivity index is 1.92. The molecular weight excluding hydrogens is 394 g/mol. The molecule has 2 aromatic carbocycles. The lowest BCUT2D eigenvalue weighted by atomic mass is 10.0. The maximum Gasteiger partial charge on any atom is 0.279 e. The minimum Gasteiger partial charge on any atom is -0.352 e. The Kier molecular flexibility index (Phi) is 7.81. The number of amides is 2. The summed E-state index contributed by atoms with van der Waals surface area (Å²) in [5, 5.41) is 7.65. The van der Waals surface area contributed by atoms with E-state index in [0.29, 0.717) is 24.3 Å². The highest BCUT2D eigenvalue weighted by Crippen LogP contribution is 2.16. The van der Waals surface area contributed by atoms with Gasteiger partial charge >= 0.3 is 0 Å². The number of quaternary nitrogens is 1. The smallest absolute Gasteiger partial charge is 0.279 e. The summed E-state index contributed by atoms with van der Waals surface area (Å²) >= 11 is 3.44. The highest BCUT2D eigenvalue weighted by Gasteiger charge is 2.15. The second-order valence-electron chi connectivity index (χ2n) is 5.99. The van der Waals surface area contributed by atoms with Crippen LogP contribution >= 0.6 is 15.9 Å². The average molecular weight is 419 g/mol. The summed E-state index contributed by atoms with van der Waals surface area (Å²) in [5.74, 6) is -0.231. The number of halogens is 1. The molecule has 4 N–H and O–H groups in total. The van der Waals surface area contributed by atoms with Gasteiger partial charge in [-0.1, -0.05) is 41.1 Å². The van der Waals surface area contributed by atoms with E-state index >= 15 is 0 Å². The van der Waals surface area contributed by atoms with Crippen LogP contribution in [0.25, 0.3) is 0 Å². The number of benzene rings is 2. The third kappa shape index (κ3) is 5.97. The van der Waals surface area contributed by atoms with Crippen molar-refractivity contribution in [3.8, 4) is 0 Å². The molecule has 0 unspecified atom stereocenters. The van der Waals surface area contributed by atoms with Crippen molar-refractivity contribution in [2.45, 2.75) is 26.3 Å². The summed E-state index contributed by atoms with van der Waals surface area (Å²) in [6, 6.07) is 15.4. The monoisotopic (exact) mass is 418 g/mol. The van der Waals surface area contributed by atoms with Gasteiger partial charge in [0.05, 0.1) is 0 Å². The van der Waals surface area contributed by atoms with Gasteiger partial charge in [0.25, 0.3) is 11.8 Å². The zero-order valence-corrected chi connectivity index (χ0v) is 16.7. The number of anilines is 1. The van der Waals surface area contributed by atoms with Gasteiger partial charge in [0, 0.05) is 34.3 Å². The molecule has 0 fully saturated rings. The molecule has 6 heteroatoms. The van der Waals surface area contributed by atoms with Crippen molar-refractivity contribution in [2.75, 3.05) is 18.4 Å². The van der Waals surface area contributed by atoms with Crippen LogP contribution < -0.4 is 16.0 Å². The Morgan fingerprint density at radius 1 is 1.12 bits per heavy atom. The zero-order valence-electron chi connectivity index (χ0n) is 15.1. The van der Waals surface area contributed by atoms with Crippen molar-refractivity contribution < 1.29 is 14.9 Å². The van der Waals surface area contributed by atoms with Gasteiger partial charge in [0.15, 0.2) is 6.54 Å². The van der Waals surface area contributed by atoms with Crippen molar-refractivity contribution in [3.63, 3.8) is 0 Å². The molecule has 26 heavy (non-hydrogen) atoms. The van der Waals surface area contributed by atoms with Crippen LogP contribution in [-0.2, 0) is 4.79 Å². The summed E-state index contributed by atoms with van der Waals surface area (Å²) in [6.45, 7) is 4.87. The molecule has 0 aliphatic carbocycles. The van der Waals surface area contributed by atoms with Crippen LogP contribution in [-0.4, -0.2) is 24.9 Å². The molecule has 0 radical (unpaired) electrons. The van der Waals surface area contributed by atoms with Crippen molar-refractivity contribution in [1.82, 2.24) is 5.32 Å². The number of nitrogens with two attached hydrogens (primary N) is 1. The van der Waals surface area contributed by atoms with Crippen LogP contribution in [0.1, 0.15) is 42.2 Å². The molecule has 0 bridgehead atoms. The van der Waals surface area contributed by atoms with Gasteiger partial charge in [-0.2, -0.15) is 0 Å². The lowest BCUT2D eigenvalue weighted by molar-refractivity contribution is -0.686. The second kappa shape index (κ2) is 10.1. The predicted octanol–water partition coefficient (Wildman–Crippen LogP) is 2.85. The van der Waals surface area contributed by atoms with Gasteiger partial charge in [-0.3, -0.25) is 9.59 Å². The Morgan fingerprint density at radius 3 is 2.50 bits per heavy atom. The van der Waals surface area contributed by atoms with Gasteiger partial charge in [-0.25, -0.2) is 0 Å². The number of nitrogens with one attached hydrogen (secondary N) is 2. The molecule has 0 saturated carbocycles. The second-order valence-corrected chi connectivity index (χ2v) is 6.91. The number of hydrogen-bond donors (Lipinski definition) is 3. The maximum absolute atomic E-state index is 12.3. The lowest BCUT2D eigenvalue weighted by Crippen LogP contribution is -2.87. The summed E-state index contributed by atoms with van der Waals surface area (Å²) in [5.41, 5.74) is 2.36. The largest absolute Gasteiger partial charge is 0.352 e. The van der Waals surface area contributed by atoms with Crippen LogP contribution in [0.15, 0.2) is 53.0 Å². The lowest BCUT2D eigenvalue weighted by Gasteiger charge is -2.14. The number of hydrogen-bond acceptors (Lipinski definition) is 2. The minimum absolute atomic E-state index is 0.0892. The standard InChI is InChI=1S/C20H24BrN3O2/c1-3-18(14-8-10-16(21)11-9-14)23-13-19(25)24-17-7-5-6-15(12-17)20(26)22-4-2/h5-12,18,23H,3-4,13H2,1-2H3,(H,22,26)(H,24,25)/p+1/t18-/m1/s1. The minimum atomic E-state index is -0.142. The van der Waals surface area contributed by atoms with Crippen LogP contribution in [0.2, 0.25) is 0 Å². The van der Waals surface area contributed by atoms with Crippen LogP contribution in [0.3, 0.4) is 0 Å². The van der Waals surface area contributed by atoms with Gasteiger partial charge in [0.1, 0.15) is 6.04 Å².